The molecule has 1 aliphatic heterocycles. The van der Waals surface area contributed by atoms with E-state index < -0.39 is 17.3 Å². The molecule has 1 saturated heterocycles. The van der Waals surface area contributed by atoms with Gasteiger partial charge in [-0.25, -0.2) is 0 Å². The first-order valence-electron chi connectivity index (χ1n) is 8.08. The number of amides is 1. The molecule has 1 aromatic heterocycles. The van der Waals surface area contributed by atoms with Gasteiger partial charge >= 0.3 is 6.18 Å². The van der Waals surface area contributed by atoms with E-state index in [1.807, 2.05) is 0 Å². The van der Waals surface area contributed by atoms with Crippen LogP contribution in [-0.4, -0.2) is 28.8 Å². The summed E-state index contributed by atoms with van der Waals surface area (Å²) in [6, 6.07) is 7.01. The second kappa shape index (κ2) is 6.87. The third-order valence-corrected chi connectivity index (χ3v) is 4.56. The number of hydrogen-bond acceptors (Lipinski definition) is 3. The molecule has 1 aromatic carbocycles. The SMILES string of the molecule is O=C(NCc1ccccc1C(F)(F)F)C1(n2cccn2)CCNCC1. The van der Waals surface area contributed by atoms with E-state index in [0.29, 0.717) is 25.9 Å². The molecule has 2 aromatic rings. The molecule has 1 amide bonds. The number of carbonyl (C=O) groups is 1. The highest BCUT2D eigenvalue weighted by atomic mass is 19.4. The zero-order valence-electron chi connectivity index (χ0n) is 13.5. The number of halogens is 3. The molecule has 0 radical (unpaired) electrons. The third-order valence-electron chi connectivity index (χ3n) is 4.56. The van der Waals surface area contributed by atoms with Crippen molar-refractivity contribution < 1.29 is 18.0 Å². The van der Waals surface area contributed by atoms with Crippen molar-refractivity contribution in [1.29, 1.82) is 0 Å². The number of piperidine rings is 1. The van der Waals surface area contributed by atoms with Gasteiger partial charge in [0, 0.05) is 18.9 Å². The predicted octanol–water partition coefficient (Wildman–Crippen LogP) is 2.30. The van der Waals surface area contributed by atoms with Crippen LogP contribution in [0, 0.1) is 0 Å². The Morgan fingerprint density at radius 3 is 2.60 bits per heavy atom. The van der Waals surface area contributed by atoms with E-state index in [0.717, 1.165) is 6.07 Å². The maximum atomic E-state index is 13.1. The Morgan fingerprint density at radius 2 is 1.96 bits per heavy atom. The highest BCUT2D eigenvalue weighted by molar-refractivity contribution is 5.84. The summed E-state index contributed by atoms with van der Waals surface area (Å²) < 4.78 is 40.9. The Balaban J connectivity index is 1.80. The molecule has 5 nitrogen and oxygen atoms in total. The molecule has 0 spiro atoms. The van der Waals surface area contributed by atoms with Gasteiger partial charge in [0.2, 0.25) is 5.91 Å². The van der Waals surface area contributed by atoms with E-state index in [9.17, 15) is 18.0 Å². The Hall–Kier alpha value is -2.35. The molecular weight excluding hydrogens is 333 g/mol. The second-order valence-corrected chi connectivity index (χ2v) is 6.07. The molecule has 0 saturated carbocycles. The van der Waals surface area contributed by atoms with Gasteiger partial charge in [-0.3, -0.25) is 9.48 Å². The molecular formula is C17H19F3N4O. The summed E-state index contributed by atoms with van der Waals surface area (Å²) in [6.45, 7) is 1.11. The van der Waals surface area contributed by atoms with Gasteiger partial charge in [0.05, 0.1) is 5.56 Å². The lowest BCUT2D eigenvalue weighted by Crippen LogP contribution is -2.54. The summed E-state index contributed by atoms with van der Waals surface area (Å²) >= 11 is 0. The van der Waals surface area contributed by atoms with Crippen molar-refractivity contribution in [3.05, 3.63) is 53.9 Å². The first kappa shape index (κ1) is 17.5. The van der Waals surface area contributed by atoms with Crippen molar-refractivity contribution in [2.24, 2.45) is 0 Å². The van der Waals surface area contributed by atoms with Crippen LogP contribution in [0.2, 0.25) is 0 Å². The van der Waals surface area contributed by atoms with Crippen LogP contribution in [0.25, 0.3) is 0 Å². The summed E-state index contributed by atoms with van der Waals surface area (Å²) in [5, 5.41) is 10.1. The van der Waals surface area contributed by atoms with Crippen LogP contribution in [0.3, 0.4) is 0 Å². The Kier molecular flexibility index (Phi) is 4.80. The summed E-state index contributed by atoms with van der Waals surface area (Å²) in [5.41, 5.74) is -1.55. The molecule has 2 N–H and O–H groups in total. The fourth-order valence-corrected chi connectivity index (χ4v) is 3.21. The van der Waals surface area contributed by atoms with Crippen molar-refractivity contribution in [2.75, 3.05) is 13.1 Å². The molecule has 0 atom stereocenters. The number of carbonyl (C=O) groups excluding carboxylic acids is 1. The normalized spacial score (nSPS) is 17.2. The minimum absolute atomic E-state index is 0.0490. The minimum atomic E-state index is -4.45. The highest BCUT2D eigenvalue weighted by Gasteiger charge is 2.42. The zero-order chi connectivity index (χ0) is 17.9. The van der Waals surface area contributed by atoms with Gasteiger partial charge in [0.25, 0.3) is 0 Å². The number of hydrogen-bond donors (Lipinski definition) is 2. The highest BCUT2D eigenvalue weighted by Crippen LogP contribution is 2.32. The smallest absolute Gasteiger partial charge is 0.350 e. The molecule has 3 rings (SSSR count). The van der Waals surface area contributed by atoms with E-state index in [1.54, 1.807) is 23.1 Å². The maximum absolute atomic E-state index is 13.1. The Morgan fingerprint density at radius 1 is 1.24 bits per heavy atom. The number of alkyl halides is 3. The average Bonchev–Trinajstić information content (AvgIpc) is 3.15. The molecule has 25 heavy (non-hydrogen) atoms. The predicted molar refractivity (Wildman–Crippen MR) is 85.6 cm³/mol. The van der Waals surface area contributed by atoms with Gasteiger partial charge in [0.15, 0.2) is 0 Å². The molecule has 8 heteroatoms. The molecule has 2 heterocycles. The van der Waals surface area contributed by atoms with Gasteiger partial charge in [-0.05, 0) is 43.6 Å². The van der Waals surface area contributed by atoms with Crippen LogP contribution >= 0.6 is 0 Å². The Labute approximate surface area is 143 Å². The van der Waals surface area contributed by atoms with E-state index in [2.05, 4.69) is 15.7 Å². The lowest BCUT2D eigenvalue weighted by molar-refractivity contribution is -0.139. The topological polar surface area (TPSA) is 59.0 Å². The van der Waals surface area contributed by atoms with Crippen molar-refractivity contribution in [3.63, 3.8) is 0 Å². The summed E-state index contributed by atoms with van der Waals surface area (Å²) in [5.74, 6) is -0.310. The molecule has 134 valence electrons. The summed E-state index contributed by atoms with van der Waals surface area (Å²) in [4.78, 5) is 12.9. The second-order valence-electron chi connectivity index (χ2n) is 6.07. The van der Waals surface area contributed by atoms with E-state index in [4.69, 9.17) is 0 Å². The third kappa shape index (κ3) is 3.53. The van der Waals surface area contributed by atoms with Crippen LogP contribution in [-0.2, 0) is 23.1 Å². The van der Waals surface area contributed by atoms with Gasteiger partial charge in [-0.2, -0.15) is 18.3 Å². The van der Waals surface area contributed by atoms with Crippen LogP contribution < -0.4 is 10.6 Å². The lowest BCUT2D eigenvalue weighted by Gasteiger charge is -2.36. The van der Waals surface area contributed by atoms with Gasteiger partial charge in [-0.1, -0.05) is 18.2 Å². The molecule has 0 unspecified atom stereocenters. The van der Waals surface area contributed by atoms with Gasteiger partial charge < -0.3 is 10.6 Å². The summed E-state index contributed by atoms with van der Waals surface area (Å²) in [6.07, 6.45) is -0.0802. The average molecular weight is 352 g/mol. The number of nitrogens with one attached hydrogen (secondary N) is 2. The maximum Gasteiger partial charge on any atom is 0.416 e. The number of nitrogens with zero attached hydrogens (tertiary/aromatic N) is 2. The van der Waals surface area contributed by atoms with Crippen LogP contribution in [0.1, 0.15) is 24.0 Å². The fourth-order valence-electron chi connectivity index (χ4n) is 3.21. The minimum Gasteiger partial charge on any atom is -0.350 e. The van der Waals surface area contributed by atoms with E-state index in [-0.39, 0.29) is 18.0 Å². The first-order valence-corrected chi connectivity index (χ1v) is 8.08. The number of rotatable bonds is 4. The van der Waals surface area contributed by atoms with Crippen molar-refractivity contribution in [3.8, 4) is 0 Å². The van der Waals surface area contributed by atoms with Crippen molar-refractivity contribution in [1.82, 2.24) is 20.4 Å². The number of benzene rings is 1. The van der Waals surface area contributed by atoms with Crippen molar-refractivity contribution >= 4 is 5.91 Å². The molecule has 0 aliphatic carbocycles. The molecule has 0 bridgehead atoms. The quantitative estimate of drug-likeness (QED) is 0.888. The zero-order valence-corrected chi connectivity index (χ0v) is 13.5. The number of aromatic nitrogens is 2. The van der Waals surface area contributed by atoms with Gasteiger partial charge in [-0.15, -0.1) is 0 Å². The monoisotopic (exact) mass is 352 g/mol. The summed E-state index contributed by atoms with van der Waals surface area (Å²) in [7, 11) is 0. The van der Waals surface area contributed by atoms with E-state index >= 15 is 0 Å². The van der Waals surface area contributed by atoms with Crippen LogP contribution in [0.15, 0.2) is 42.7 Å². The van der Waals surface area contributed by atoms with Gasteiger partial charge in [0.1, 0.15) is 5.54 Å². The fraction of sp³-hybridized carbons (Fsp3) is 0.412. The van der Waals surface area contributed by atoms with Crippen molar-refractivity contribution in [2.45, 2.75) is 31.1 Å². The largest absolute Gasteiger partial charge is 0.416 e. The first-order chi connectivity index (χ1) is 11.9. The van der Waals surface area contributed by atoms with Crippen LogP contribution in [0.5, 0.6) is 0 Å². The standard InChI is InChI=1S/C17H19F3N4O/c18-17(19,20)14-5-2-1-4-13(14)12-22-15(25)16(6-9-21-10-7-16)24-11-3-8-23-24/h1-5,8,11,21H,6-7,9-10,12H2,(H,22,25). The Bertz CT molecular complexity index is 722. The van der Waals surface area contributed by atoms with E-state index in [1.165, 1.54) is 18.2 Å². The lowest BCUT2D eigenvalue weighted by atomic mass is 9.87. The molecule has 1 fully saturated rings. The van der Waals surface area contributed by atoms with Crippen LogP contribution in [0.4, 0.5) is 13.2 Å². The molecule has 1 aliphatic rings.